The van der Waals surface area contributed by atoms with E-state index >= 15 is 0 Å². The van der Waals surface area contributed by atoms with Crippen molar-refractivity contribution in [3.63, 3.8) is 0 Å². The van der Waals surface area contributed by atoms with E-state index in [-0.39, 0.29) is 0 Å². The second kappa shape index (κ2) is 16.0. The summed E-state index contributed by atoms with van der Waals surface area (Å²) in [5, 5.41) is 4.50. The van der Waals surface area contributed by atoms with Crippen molar-refractivity contribution in [1.29, 1.82) is 0 Å². The van der Waals surface area contributed by atoms with Crippen molar-refractivity contribution in [2.45, 2.75) is 5.41 Å². The summed E-state index contributed by atoms with van der Waals surface area (Å²) in [6.07, 6.45) is 0. The number of hydrogen-bond donors (Lipinski definition) is 0. The summed E-state index contributed by atoms with van der Waals surface area (Å²) in [5.74, 6) is 0. The average molecular weight is 894 g/mol. The molecule has 2 aromatic heterocycles. The van der Waals surface area contributed by atoms with Crippen LogP contribution in [0.25, 0.3) is 88.4 Å². The number of benzene rings is 11. The highest BCUT2D eigenvalue weighted by Gasteiger charge is 2.46. The van der Waals surface area contributed by atoms with Gasteiger partial charge in [0.05, 0.1) is 5.41 Å². The highest BCUT2D eigenvalue weighted by atomic mass is 16.3. The zero-order chi connectivity index (χ0) is 46.2. The van der Waals surface area contributed by atoms with E-state index < -0.39 is 5.41 Å². The van der Waals surface area contributed by atoms with Crippen LogP contribution < -0.4 is 4.90 Å². The van der Waals surface area contributed by atoms with Gasteiger partial charge in [0.1, 0.15) is 22.3 Å². The van der Waals surface area contributed by atoms with Crippen LogP contribution in [0.4, 0.5) is 17.1 Å². The molecule has 0 saturated carbocycles. The van der Waals surface area contributed by atoms with Gasteiger partial charge >= 0.3 is 0 Å². The van der Waals surface area contributed by atoms with Crippen molar-refractivity contribution in [3.05, 3.63) is 283 Å². The molecule has 0 amide bonds. The first kappa shape index (κ1) is 39.9. The van der Waals surface area contributed by atoms with Gasteiger partial charge < -0.3 is 13.7 Å². The highest BCUT2D eigenvalue weighted by Crippen LogP contribution is 2.56. The molecule has 0 saturated heterocycles. The Bertz CT molecular complexity index is 3890. The largest absolute Gasteiger partial charge is 0.456 e. The summed E-state index contributed by atoms with van der Waals surface area (Å²) >= 11 is 0. The molecule has 0 fully saturated rings. The van der Waals surface area contributed by atoms with Crippen LogP contribution in [0.2, 0.25) is 0 Å². The van der Waals surface area contributed by atoms with E-state index in [4.69, 9.17) is 8.83 Å². The fourth-order valence-corrected chi connectivity index (χ4v) is 11.3. The monoisotopic (exact) mass is 893 g/mol. The minimum Gasteiger partial charge on any atom is -0.456 e. The van der Waals surface area contributed by atoms with Gasteiger partial charge in [0.2, 0.25) is 0 Å². The maximum Gasteiger partial charge on any atom is 0.135 e. The van der Waals surface area contributed by atoms with Crippen LogP contribution in [0.5, 0.6) is 0 Å². The predicted molar refractivity (Wildman–Crippen MR) is 289 cm³/mol. The van der Waals surface area contributed by atoms with Gasteiger partial charge in [0.15, 0.2) is 0 Å². The molecular formula is C67H43NO2. The summed E-state index contributed by atoms with van der Waals surface area (Å²) < 4.78 is 12.3. The predicted octanol–water partition coefficient (Wildman–Crippen LogP) is 18.3. The molecule has 0 N–H and O–H groups in total. The second-order valence-corrected chi connectivity index (χ2v) is 18.4. The van der Waals surface area contributed by atoms with Crippen LogP contribution in [-0.2, 0) is 5.41 Å². The third kappa shape index (κ3) is 6.29. The van der Waals surface area contributed by atoms with E-state index in [2.05, 4.69) is 241 Å². The molecule has 70 heavy (non-hydrogen) atoms. The van der Waals surface area contributed by atoms with Gasteiger partial charge in [-0.1, -0.05) is 182 Å². The quantitative estimate of drug-likeness (QED) is 0.152. The molecule has 14 rings (SSSR count). The second-order valence-electron chi connectivity index (χ2n) is 18.4. The van der Waals surface area contributed by atoms with Crippen LogP contribution in [0.3, 0.4) is 0 Å². The third-order valence-corrected chi connectivity index (χ3v) is 14.6. The first-order valence-electron chi connectivity index (χ1n) is 24.0. The SMILES string of the molecule is c1ccc(C2(c3ccccc3)c3ccccc3-c3cc(-c4ccc(N(c5ccc(-c6ccc7oc8ccccc8c7c6)cc5)c5ccc(-c6ccc7oc8ccccc8c7c6)cc5)cc4)ccc32)cc1. The minimum absolute atomic E-state index is 0.427. The molecule has 328 valence electrons. The molecule has 11 aromatic carbocycles. The molecule has 0 unspecified atom stereocenters. The van der Waals surface area contributed by atoms with Crippen molar-refractivity contribution >= 4 is 60.9 Å². The van der Waals surface area contributed by atoms with Gasteiger partial charge in [-0.25, -0.2) is 0 Å². The Morgan fingerprint density at radius 1 is 0.257 bits per heavy atom. The number of nitrogens with zero attached hydrogens (tertiary/aromatic N) is 1. The average Bonchev–Trinajstić information content (AvgIpc) is 4.10. The van der Waals surface area contributed by atoms with Crippen molar-refractivity contribution in [3.8, 4) is 44.5 Å². The van der Waals surface area contributed by atoms with Gasteiger partial charge in [-0.2, -0.15) is 0 Å². The van der Waals surface area contributed by atoms with Crippen LogP contribution >= 0.6 is 0 Å². The number of para-hydroxylation sites is 2. The Kier molecular flexibility index (Phi) is 9.11. The van der Waals surface area contributed by atoms with Gasteiger partial charge in [-0.05, 0) is 146 Å². The van der Waals surface area contributed by atoms with Crippen molar-refractivity contribution < 1.29 is 8.83 Å². The molecule has 0 spiro atoms. The van der Waals surface area contributed by atoms with Crippen LogP contribution in [0, 0.1) is 0 Å². The Morgan fingerprint density at radius 2 is 0.629 bits per heavy atom. The Balaban J connectivity index is 0.848. The molecule has 0 aliphatic heterocycles. The zero-order valence-corrected chi connectivity index (χ0v) is 38.1. The van der Waals surface area contributed by atoms with Crippen molar-refractivity contribution in [1.82, 2.24) is 0 Å². The summed E-state index contributed by atoms with van der Waals surface area (Å²) in [6.45, 7) is 0. The van der Waals surface area contributed by atoms with E-state index in [1.807, 2.05) is 24.3 Å². The lowest BCUT2D eigenvalue weighted by atomic mass is 9.67. The number of anilines is 3. The highest BCUT2D eigenvalue weighted by molar-refractivity contribution is 6.07. The fourth-order valence-electron chi connectivity index (χ4n) is 11.3. The third-order valence-electron chi connectivity index (χ3n) is 14.6. The normalized spacial score (nSPS) is 12.7. The van der Waals surface area contributed by atoms with E-state index in [0.29, 0.717) is 0 Å². The van der Waals surface area contributed by atoms with Crippen molar-refractivity contribution in [2.75, 3.05) is 4.90 Å². The fraction of sp³-hybridized carbons (Fsp3) is 0.0149. The lowest BCUT2D eigenvalue weighted by molar-refractivity contribution is 0.668. The van der Waals surface area contributed by atoms with Gasteiger partial charge in [-0.3, -0.25) is 0 Å². The number of hydrogen-bond acceptors (Lipinski definition) is 3. The molecule has 1 aliphatic rings. The van der Waals surface area contributed by atoms with E-state index in [9.17, 15) is 0 Å². The molecule has 2 heterocycles. The topological polar surface area (TPSA) is 29.5 Å². The van der Waals surface area contributed by atoms with Gasteiger partial charge in [-0.15, -0.1) is 0 Å². The van der Waals surface area contributed by atoms with Crippen LogP contribution in [-0.4, -0.2) is 0 Å². The molecule has 0 atom stereocenters. The van der Waals surface area contributed by atoms with E-state index in [1.54, 1.807) is 0 Å². The Hall–Kier alpha value is -9.18. The van der Waals surface area contributed by atoms with Crippen LogP contribution in [0.1, 0.15) is 22.3 Å². The molecular weight excluding hydrogens is 851 g/mol. The minimum atomic E-state index is -0.427. The summed E-state index contributed by atoms with van der Waals surface area (Å²) in [7, 11) is 0. The smallest absolute Gasteiger partial charge is 0.135 e. The molecule has 3 heteroatoms. The molecule has 0 bridgehead atoms. The lowest BCUT2D eigenvalue weighted by Crippen LogP contribution is -2.28. The maximum atomic E-state index is 6.16. The maximum absolute atomic E-state index is 6.16. The lowest BCUT2D eigenvalue weighted by Gasteiger charge is -2.33. The number of furan rings is 2. The number of fused-ring (bicyclic) bond motifs is 9. The number of rotatable bonds is 8. The van der Waals surface area contributed by atoms with Crippen LogP contribution in [0.15, 0.2) is 270 Å². The Morgan fingerprint density at radius 3 is 1.13 bits per heavy atom. The standard InChI is InChI=1S/C67H43NO2/c1-3-13-50(14-4-1)67(51-15-5-2-6-16-51)61-20-10-7-17-55(61)58-41-47(29-38-62(58)67)44-23-32-52(33-24-44)68(53-34-25-45(26-35-53)48-30-39-65-59(42-48)56-18-8-11-21-63(56)69-65)54-36-27-46(28-37-54)49-31-40-66-60(43-49)57-19-9-12-22-64(57)70-66/h1-43H. The van der Waals surface area contributed by atoms with E-state index in [0.717, 1.165) is 88.8 Å². The first-order valence-corrected chi connectivity index (χ1v) is 24.0. The Labute approximate surface area is 405 Å². The van der Waals surface area contributed by atoms with E-state index in [1.165, 1.54) is 38.9 Å². The molecule has 3 nitrogen and oxygen atoms in total. The summed E-state index contributed by atoms with van der Waals surface area (Å²) in [4.78, 5) is 2.35. The zero-order valence-electron chi connectivity index (χ0n) is 38.1. The molecule has 13 aromatic rings. The first-order chi connectivity index (χ1) is 34.7. The van der Waals surface area contributed by atoms with Gasteiger partial charge in [0.25, 0.3) is 0 Å². The van der Waals surface area contributed by atoms with Gasteiger partial charge in [0, 0.05) is 38.6 Å². The molecule has 1 aliphatic carbocycles. The summed E-state index contributed by atoms with van der Waals surface area (Å²) in [6, 6.07) is 94.4. The summed E-state index contributed by atoms with van der Waals surface area (Å²) in [5.41, 5.74) is 21.0. The molecule has 0 radical (unpaired) electrons. The van der Waals surface area contributed by atoms with Crippen molar-refractivity contribution in [2.24, 2.45) is 0 Å².